The summed E-state index contributed by atoms with van der Waals surface area (Å²) in [5, 5.41) is 24.0. The molecule has 56 heavy (non-hydrogen) atoms. The third-order valence-electron chi connectivity index (χ3n) is 10.8. The molecule has 0 spiro atoms. The number of carbonyl (C=O) groups is 2. The lowest BCUT2D eigenvalue weighted by molar-refractivity contribution is -0.141. The number of aliphatic carboxylic acids is 1. The van der Waals surface area contributed by atoms with E-state index in [1.54, 1.807) is 11.1 Å². The first-order chi connectivity index (χ1) is 26.8. The molecule has 3 aromatic heterocycles. The zero-order valence-electron chi connectivity index (χ0n) is 32.1. The molecule has 284 valence electrons. The fourth-order valence-electron chi connectivity index (χ4n) is 7.72. The van der Waals surface area contributed by atoms with E-state index in [4.69, 9.17) is 19.1 Å². The number of carboxylic acid groups (broad SMARTS) is 1. The molecule has 1 atom stereocenters. The minimum Gasteiger partial charge on any atom is -0.481 e. The molecule has 1 amide bonds. The highest BCUT2D eigenvalue weighted by molar-refractivity contribution is 5.91. The van der Waals surface area contributed by atoms with E-state index < -0.39 is 11.6 Å². The number of likely N-dealkylation sites (tertiary alicyclic amines) is 2. The number of carbonyl (C=O) groups excluding carboxylic acids is 1. The molecule has 0 aliphatic carbocycles. The number of hydrogen-bond donors (Lipinski definition) is 2. The van der Waals surface area contributed by atoms with E-state index in [1.807, 2.05) is 76.4 Å². The number of nitrogens with zero attached hydrogens (tertiary/aromatic N) is 6. The summed E-state index contributed by atoms with van der Waals surface area (Å²) in [4.78, 5) is 42.1. The molecular weight excluding hydrogens is 707 g/mol. The molecule has 2 N–H and O–H groups in total. The smallest absolute Gasteiger partial charge is 0.410 e. The van der Waals surface area contributed by atoms with Crippen molar-refractivity contribution in [3.8, 4) is 28.7 Å². The highest BCUT2D eigenvalue weighted by Gasteiger charge is 2.35. The second-order valence-corrected chi connectivity index (χ2v) is 15.8. The summed E-state index contributed by atoms with van der Waals surface area (Å²) in [6.45, 7) is 12.6. The summed E-state index contributed by atoms with van der Waals surface area (Å²) >= 11 is 0. The van der Waals surface area contributed by atoms with Crippen molar-refractivity contribution in [2.75, 3.05) is 31.5 Å². The van der Waals surface area contributed by atoms with Crippen molar-refractivity contribution in [2.45, 2.75) is 59.1 Å². The molecule has 3 aromatic carbocycles. The monoisotopic (exact) mass is 749 g/mol. The summed E-state index contributed by atoms with van der Waals surface area (Å²) in [5.41, 5.74) is 9.39. The molecular formula is C44H43N7O5. The van der Waals surface area contributed by atoms with Crippen LogP contribution < -0.4 is 5.32 Å². The number of fused-ring (bicyclic) bond motifs is 2. The number of nitrogens with one attached hydrogen (secondary N) is 1. The van der Waals surface area contributed by atoms with Crippen LogP contribution in [0.4, 0.5) is 16.3 Å². The van der Waals surface area contributed by atoms with Gasteiger partial charge in [-0.3, -0.25) is 14.7 Å². The predicted molar refractivity (Wildman–Crippen MR) is 213 cm³/mol. The Hall–Kier alpha value is -6.32. The van der Waals surface area contributed by atoms with Gasteiger partial charge in [-0.15, -0.1) is 0 Å². The number of pyridine rings is 2. The minimum absolute atomic E-state index is 0.192. The van der Waals surface area contributed by atoms with Gasteiger partial charge in [0.25, 0.3) is 0 Å². The Kier molecular flexibility index (Phi) is 9.42. The summed E-state index contributed by atoms with van der Waals surface area (Å²) in [7, 11) is 0. The Morgan fingerprint density at radius 3 is 2.48 bits per heavy atom. The largest absolute Gasteiger partial charge is 0.481 e. The maximum Gasteiger partial charge on any atom is 0.410 e. The summed E-state index contributed by atoms with van der Waals surface area (Å²) in [5.74, 6) is 0.124. The summed E-state index contributed by atoms with van der Waals surface area (Å²) in [6.07, 6.45) is 3.98. The Labute approximate surface area is 324 Å². The first-order valence-electron chi connectivity index (χ1n) is 18.8. The van der Waals surface area contributed by atoms with Crippen molar-refractivity contribution >= 4 is 45.6 Å². The molecule has 2 fully saturated rings. The first-order valence-corrected chi connectivity index (χ1v) is 18.8. The molecule has 2 saturated heterocycles. The van der Waals surface area contributed by atoms with E-state index in [9.17, 15) is 20.0 Å². The van der Waals surface area contributed by atoms with Crippen molar-refractivity contribution < 1.29 is 23.8 Å². The van der Waals surface area contributed by atoms with Crippen LogP contribution in [0.2, 0.25) is 0 Å². The number of amides is 1. The molecule has 12 heteroatoms. The van der Waals surface area contributed by atoms with Crippen LogP contribution in [-0.2, 0) is 16.1 Å². The number of oxazole rings is 1. The van der Waals surface area contributed by atoms with Crippen LogP contribution in [0.25, 0.3) is 44.6 Å². The molecule has 2 aliphatic heterocycles. The fraction of sp³-hybridized carbons (Fsp3) is 0.318. The summed E-state index contributed by atoms with van der Waals surface area (Å²) < 4.78 is 11.8. The average molecular weight is 750 g/mol. The van der Waals surface area contributed by atoms with E-state index in [0.29, 0.717) is 67.5 Å². The molecule has 12 nitrogen and oxygen atoms in total. The Morgan fingerprint density at radius 1 is 1.00 bits per heavy atom. The topological polar surface area (TPSA) is 158 Å². The SMILES string of the molecule is Cc1c(Nc2nccc3cc(C4CN(C(=O)OC(C)(C)C)C4)cnc23)cccc1-c1cccc(-c2nc3cc(CN4CC[C@@H](C(=O)O)C4)cc(C#N)c3o2)c1C. The maximum absolute atomic E-state index is 12.5. The van der Waals surface area contributed by atoms with Gasteiger partial charge in [-0.1, -0.05) is 24.3 Å². The molecule has 0 saturated carbocycles. The van der Waals surface area contributed by atoms with Crippen molar-refractivity contribution in [1.82, 2.24) is 24.8 Å². The predicted octanol–water partition coefficient (Wildman–Crippen LogP) is 8.58. The number of rotatable bonds is 8. The zero-order chi connectivity index (χ0) is 39.3. The third kappa shape index (κ3) is 7.13. The Balaban J connectivity index is 1.03. The molecule has 0 radical (unpaired) electrons. The number of nitriles is 1. The van der Waals surface area contributed by atoms with Gasteiger partial charge in [-0.25, -0.2) is 14.8 Å². The Morgan fingerprint density at radius 2 is 1.75 bits per heavy atom. The van der Waals surface area contributed by atoms with Gasteiger partial charge in [-0.05, 0) is 117 Å². The van der Waals surface area contributed by atoms with E-state index in [2.05, 4.69) is 46.4 Å². The van der Waals surface area contributed by atoms with Crippen molar-refractivity contribution in [1.29, 1.82) is 5.26 Å². The van der Waals surface area contributed by atoms with Gasteiger partial charge in [0.2, 0.25) is 5.89 Å². The molecule has 5 heterocycles. The lowest BCUT2D eigenvalue weighted by atomic mass is 9.92. The number of aromatic nitrogens is 3. The van der Waals surface area contributed by atoms with Crippen LogP contribution in [0.15, 0.2) is 77.5 Å². The maximum atomic E-state index is 12.5. The van der Waals surface area contributed by atoms with Gasteiger partial charge in [0.1, 0.15) is 22.7 Å². The van der Waals surface area contributed by atoms with Crippen molar-refractivity contribution in [3.63, 3.8) is 0 Å². The van der Waals surface area contributed by atoms with Gasteiger partial charge >= 0.3 is 12.1 Å². The highest BCUT2D eigenvalue weighted by Crippen LogP contribution is 2.38. The van der Waals surface area contributed by atoms with Gasteiger partial charge < -0.3 is 24.5 Å². The van der Waals surface area contributed by atoms with Crippen molar-refractivity contribution in [2.24, 2.45) is 5.92 Å². The van der Waals surface area contributed by atoms with E-state index in [-0.39, 0.29) is 17.9 Å². The van der Waals surface area contributed by atoms with Crippen LogP contribution in [0.5, 0.6) is 0 Å². The summed E-state index contributed by atoms with van der Waals surface area (Å²) in [6, 6.07) is 22.3. The van der Waals surface area contributed by atoms with Crippen LogP contribution >= 0.6 is 0 Å². The third-order valence-corrected chi connectivity index (χ3v) is 10.8. The molecule has 6 aromatic rings. The van der Waals surface area contributed by atoms with Crippen LogP contribution in [-0.4, -0.2) is 73.7 Å². The molecule has 2 aliphatic rings. The van der Waals surface area contributed by atoms with E-state index in [0.717, 1.165) is 55.5 Å². The highest BCUT2D eigenvalue weighted by atomic mass is 16.6. The van der Waals surface area contributed by atoms with E-state index >= 15 is 0 Å². The second-order valence-electron chi connectivity index (χ2n) is 15.8. The van der Waals surface area contributed by atoms with Gasteiger partial charge in [0.05, 0.1) is 11.5 Å². The lowest BCUT2D eigenvalue weighted by Crippen LogP contribution is -2.50. The van der Waals surface area contributed by atoms with Gasteiger partial charge in [-0.2, -0.15) is 5.26 Å². The lowest BCUT2D eigenvalue weighted by Gasteiger charge is -2.39. The van der Waals surface area contributed by atoms with Gasteiger partial charge in [0.15, 0.2) is 11.4 Å². The number of carboxylic acids is 1. The zero-order valence-corrected chi connectivity index (χ0v) is 32.1. The number of hydrogen-bond acceptors (Lipinski definition) is 10. The molecule has 8 rings (SSSR count). The van der Waals surface area contributed by atoms with Gasteiger partial charge in [0, 0.05) is 61.1 Å². The van der Waals surface area contributed by atoms with Crippen molar-refractivity contribution in [3.05, 3.63) is 101 Å². The fourth-order valence-corrected chi connectivity index (χ4v) is 7.72. The second kappa shape index (κ2) is 14.4. The average Bonchev–Trinajstić information content (AvgIpc) is 3.79. The number of anilines is 2. The van der Waals surface area contributed by atoms with Crippen LogP contribution in [0.3, 0.4) is 0 Å². The minimum atomic E-state index is -0.771. The van der Waals surface area contributed by atoms with E-state index in [1.165, 1.54) is 0 Å². The number of benzene rings is 3. The number of ether oxygens (including phenoxy) is 1. The quantitative estimate of drug-likeness (QED) is 0.154. The molecule has 0 bridgehead atoms. The first kappa shape index (κ1) is 36.6. The normalized spacial score (nSPS) is 16.2. The Bertz CT molecular complexity index is 2560. The molecule has 0 unspecified atom stereocenters. The van der Waals surface area contributed by atoms with Crippen LogP contribution in [0.1, 0.15) is 60.9 Å². The van der Waals surface area contributed by atoms with Crippen LogP contribution in [0, 0.1) is 31.1 Å². The standard InChI is InChI=1S/C44H43N7O5/c1-25-33(8-6-10-35(25)41-49-37-17-27(16-30(19-45)39(37)55-41)21-50-15-13-29(22-50)42(52)53)34-9-7-11-36(26(34)2)48-40-38-28(12-14-46-40)18-31(20-47-38)32-23-51(24-32)43(54)56-44(3,4)5/h6-12,14,16-18,20,29,32H,13,15,21-24H2,1-5H3,(H,46,48)(H,52,53)/t29-/m1/s1.